The Hall–Kier alpha value is -0.730. The molecule has 0 saturated heterocycles. The number of hydrogen-bond acceptors (Lipinski definition) is 2. The summed E-state index contributed by atoms with van der Waals surface area (Å²) >= 11 is 0. The fourth-order valence-corrected chi connectivity index (χ4v) is 2.27. The van der Waals surface area contributed by atoms with Crippen LogP contribution in [0.15, 0.2) is 0 Å². The molecular formula is C12H19F3N2. The lowest BCUT2D eigenvalue weighted by Crippen LogP contribution is -2.54. The van der Waals surface area contributed by atoms with Gasteiger partial charge in [-0.05, 0) is 32.6 Å². The van der Waals surface area contributed by atoms with E-state index in [2.05, 4.69) is 17.2 Å². The largest absolute Gasteiger partial charge is 0.391 e. The Kier molecular flexibility index (Phi) is 4.84. The molecule has 98 valence electrons. The zero-order chi connectivity index (χ0) is 12.9. The van der Waals surface area contributed by atoms with Gasteiger partial charge in [-0.1, -0.05) is 5.92 Å². The molecule has 0 aromatic rings. The summed E-state index contributed by atoms with van der Waals surface area (Å²) in [4.78, 5) is 0. The van der Waals surface area contributed by atoms with Crippen LogP contribution in [0.25, 0.3) is 0 Å². The molecule has 0 atom stereocenters. The van der Waals surface area contributed by atoms with Crippen LogP contribution >= 0.6 is 0 Å². The third kappa shape index (κ3) is 3.90. The van der Waals surface area contributed by atoms with Gasteiger partial charge in [-0.15, -0.1) is 5.92 Å². The summed E-state index contributed by atoms with van der Waals surface area (Å²) in [6.07, 6.45) is -2.80. The third-order valence-electron chi connectivity index (χ3n) is 3.52. The van der Waals surface area contributed by atoms with Gasteiger partial charge >= 0.3 is 6.18 Å². The maximum absolute atomic E-state index is 12.5. The van der Waals surface area contributed by atoms with Gasteiger partial charge in [0, 0.05) is 12.1 Å². The lowest BCUT2D eigenvalue weighted by atomic mass is 9.76. The molecule has 0 aliphatic heterocycles. The van der Waals surface area contributed by atoms with Crippen LogP contribution in [0, 0.1) is 17.8 Å². The van der Waals surface area contributed by atoms with Crippen LogP contribution < -0.4 is 11.1 Å². The van der Waals surface area contributed by atoms with Gasteiger partial charge in [-0.25, -0.2) is 0 Å². The maximum atomic E-state index is 12.5. The topological polar surface area (TPSA) is 38.0 Å². The van der Waals surface area contributed by atoms with Crippen LogP contribution in [-0.2, 0) is 0 Å². The molecule has 0 aromatic carbocycles. The van der Waals surface area contributed by atoms with Gasteiger partial charge in [-0.3, -0.25) is 5.32 Å². The van der Waals surface area contributed by atoms with Crippen molar-refractivity contribution in [3.8, 4) is 11.8 Å². The Bertz CT molecular complexity index is 293. The molecule has 1 saturated carbocycles. The number of rotatable bonds is 3. The minimum atomic E-state index is -4.07. The lowest BCUT2D eigenvalue weighted by Gasteiger charge is -2.40. The van der Waals surface area contributed by atoms with Gasteiger partial charge < -0.3 is 5.73 Å². The smallest absolute Gasteiger partial charge is 0.329 e. The molecule has 1 aliphatic carbocycles. The van der Waals surface area contributed by atoms with Gasteiger partial charge in [0.25, 0.3) is 0 Å². The molecule has 5 heteroatoms. The normalized spacial score (nSPS) is 29.6. The van der Waals surface area contributed by atoms with Gasteiger partial charge in [-0.2, -0.15) is 13.2 Å². The van der Waals surface area contributed by atoms with Crippen LogP contribution in [0.2, 0.25) is 0 Å². The van der Waals surface area contributed by atoms with Crippen LogP contribution in [0.5, 0.6) is 0 Å². The van der Waals surface area contributed by atoms with Crippen LogP contribution in [0.4, 0.5) is 13.2 Å². The van der Waals surface area contributed by atoms with Crippen LogP contribution in [0.1, 0.15) is 32.6 Å². The highest BCUT2D eigenvalue weighted by atomic mass is 19.4. The monoisotopic (exact) mass is 248 g/mol. The second-order valence-corrected chi connectivity index (χ2v) is 4.58. The molecule has 17 heavy (non-hydrogen) atoms. The van der Waals surface area contributed by atoms with Crippen molar-refractivity contribution in [2.24, 2.45) is 11.7 Å². The van der Waals surface area contributed by atoms with Crippen molar-refractivity contribution in [3.05, 3.63) is 0 Å². The first-order valence-electron chi connectivity index (χ1n) is 5.85. The zero-order valence-corrected chi connectivity index (χ0v) is 10.0. The predicted molar refractivity (Wildman–Crippen MR) is 61.3 cm³/mol. The third-order valence-corrected chi connectivity index (χ3v) is 3.52. The van der Waals surface area contributed by atoms with Crippen molar-refractivity contribution >= 4 is 0 Å². The van der Waals surface area contributed by atoms with Crippen molar-refractivity contribution < 1.29 is 13.2 Å². The quantitative estimate of drug-likeness (QED) is 0.750. The Morgan fingerprint density at radius 2 is 1.94 bits per heavy atom. The van der Waals surface area contributed by atoms with Gasteiger partial charge in [0.15, 0.2) is 0 Å². The van der Waals surface area contributed by atoms with Crippen molar-refractivity contribution in [1.82, 2.24) is 5.32 Å². The highest BCUT2D eigenvalue weighted by molar-refractivity contribution is 5.02. The summed E-state index contributed by atoms with van der Waals surface area (Å²) in [6.45, 7) is 2.59. The van der Waals surface area contributed by atoms with E-state index in [9.17, 15) is 13.2 Å². The van der Waals surface area contributed by atoms with E-state index in [1.54, 1.807) is 6.92 Å². The summed E-state index contributed by atoms with van der Waals surface area (Å²) in [5.41, 5.74) is 5.33. The van der Waals surface area contributed by atoms with E-state index in [-0.39, 0.29) is 18.4 Å². The second kappa shape index (κ2) is 5.74. The van der Waals surface area contributed by atoms with Crippen molar-refractivity contribution in [2.45, 2.75) is 44.3 Å². The molecule has 0 spiro atoms. The van der Waals surface area contributed by atoms with E-state index >= 15 is 0 Å². The van der Waals surface area contributed by atoms with E-state index in [0.29, 0.717) is 25.9 Å². The van der Waals surface area contributed by atoms with E-state index in [0.717, 1.165) is 0 Å². The summed E-state index contributed by atoms with van der Waals surface area (Å²) < 4.78 is 37.6. The fraction of sp³-hybridized carbons (Fsp3) is 0.833. The number of nitrogens with one attached hydrogen (secondary N) is 1. The molecule has 0 bridgehead atoms. The molecular weight excluding hydrogens is 229 g/mol. The molecule has 1 rings (SSSR count). The Labute approximate surface area is 100 Å². The van der Waals surface area contributed by atoms with Crippen molar-refractivity contribution in [2.75, 3.05) is 13.1 Å². The summed E-state index contributed by atoms with van der Waals surface area (Å²) in [5.74, 6) is 4.44. The Morgan fingerprint density at radius 1 is 1.35 bits per heavy atom. The van der Waals surface area contributed by atoms with E-state index < -0.39 is 12.1 Å². The number of halogens is 3. The van der Waals surface area contributed by atoms with Gasteiger partial charge in [0.05, 0.1) is 12.5 Å². The Balaban J connectivity index is 2.53. The molecule has 0 aromatic heterocycles. The zero-order valence-electron chi connectivity index (χ0n) is 10.0. The maximum Gasteiger partial charge on any atom is 0.391 e. The van der Waals surface area contributed by atoms with Gasteiger partial charge in [0.2, 0.25) is 0 Å². The lowest BCUT2D eigenvalue weighted by molar-refractivity contribution is -0.185. The molecule has 0 radical (unpaired) electrons. The first kappa shape index (κ1) is 14.3. The highest BCUT2D eigenvalue weighted by Crippen LogP contribution is 2.40. The molecule has 0 heterocycles. The number of hydrogen-bond donors (Lipinski definition) is 2. The molecule has 1 fully saturated rings. The molecule has 3 N–H and O–H groups in total. The van der Waals surface area contributed by atoms with Crippen LogP contribution in [-0.4, -0.2) is 24.8 Å². The first-order valence-corrected chi connectivity index (χ1v) is 5.85. The second-order valence-electron chi connectivity index (χ2n) is 4.58. The summed E-state index contributed by atoms with van der Waals surface area (Å²) in [5, 5.41) is 3.19. The minimum Gasteiger partial charge on any atom is -0.329 e. The SMILES string of the molecule is CC#CCNC1(CN)CCC(C(F)(F)F)CC1. The minimum absolute atomic E-state index is 0.160. The molecule has 0 amide bonds. The molecule has 2 nitrogen and oxygen atoms in total. The number of alkyl halides is 3. The van der Waals surface area contributed by atoms with Crippen molar-refractivity contribution in [1.29, 1.82) is 0 Å². The number of nitrogens with two attached hydrogens (primary N) is 1. The predicted octanol–water partition coefficient (Wildman–Crippen LogP) is 2.05. The van der Waals surface area contributed by atoms with E-state index in [1.807, 2.05) is 0 Å². The first-order chi connectivity index (χ1) is 7.93. The standard InChI is InChI=1S/C12H19F3N2/c1-2-3-8-17-11(9-16)6-4-10(5-7-11)12(13,14)15/h10,17H,4-9,16H2,1H3. The average Bonchev–Trinajstić information content (AvgIpc) is 2.29. The summed E-state index contributed by atoms with van der Waals surface area (Å²) in [6, 6.07) is 0. The molecule has 1 aliphatic rings. The van der Waals surface area contributed by atoms with Crippen LogP contribution in [0.3, 0.4) is 0 Å². The summed E-state index contributed by atoms with van der Waals surface area (Å²) in [7, 11) is 0. The van der Waals surface area contributed by atoms with E-state index in [4.69, 9.17) is 5.73 Å². The average molecular weight is 248 g/mol. The Morgan fingerprint density at radius 3 is 2.35 bits per heavy atom. The van der Waals surface area contributed by atoms with Crippen molar-refractivity contribution in [3.63, 3.8) is 0 Å². The van der Waals surface area contributed by atoms with Gasteiger partial charge in [0.1, 0.15) is 0 Å². The highest BCUT2D eigenvalue weighted by Gasteiger charge is 2.45. The molecule has 0 unspecified atom stereocenters. The fourth-order valence-electron chi connectivity index (χ4n) is 2.27. The van der Waals surface area contributed by atoms with E-state index in [1.165, 1.54) is 0 Å².